The number of benzene rings is 1. The van der Waals surface area contributed by atoms with Crippen LogP contribution in [-0.2, 0) is 6.54 Å². The van der Waals surface area contributed by atoms with Gasteiger partial charge < -0.3 is 5.32 Å². The maximum Gasteiger partial charge on any atom is 0.0208 e. The van der Waals surface area contributed by atoms with E-state index >= 15 is 0 Å². The van der Waals surface area contributed by atoms with Crippen LogP contribution in [0.4, 0.5) is 0 Å². The Morgan fingerprint density at radius 3 is 2.36 bits per heavy atom. The largest absolute Gasteiger partial charge is 0.312 e. The fourth-order valence-corrected chi connectivity index (χ4v) is 1.38. The predicted octanol–water partition coefficient (Wildman–Crippen LogP) is 3.13. The topological polar surface area (TPSA) is 12.0 Å². The number of nitrogens with one attached hydrogen (secondary N) is 1. The molecule has 78 valence electrons. The average Bonchev–Trinajstić information content (AvgIpc) is 2.06. The van der Waals surface area contributed by atoms with Gasteiger partial charge in [-0.25, -0.2) is 0 Å². The van der Waals surface area contributed by atoms with Gasteiger partial charge in [-0.1, -0.05) is 45.0 Å². The maximum atomic E-state index is 3.48. The lowest BCUT2D eigenvalue weighted by Crippen LogP contribution is -2.26. The third kappa shape index (κ3) is 3.93. The summed E-state index contributed by atoms with van der Waals surface area (Å²) in [4.78, 5) is 0. The summed E-state index contributed by atoms with van der Waals surface area (Å²) >= 11 is 0. The standard InChI is InChI=1S/C13H21N/c1-11-7-5-6-8-12(11)9-14-10-13(2,3)4/h5-8,14H,9-10H2,1-4H3. The summed E-state index contributed by atoms with van der Waals surface area (Å²) in [5.41, 5.74) is 3.13. The van der Waals surface area contributed by atoms with Gasteiger partial charge in [0.15, 0.2) is 0 Å². The SMILES string of the molecule is Cc1ccccc1CNCC(C)(C)C. The molecule has 1 aromatic carbocycles. The molecule has 0 bridgehead atoms. The van der Waals surface area contributed by atoms with Crippen molar-refractivity contribution in [1.82, 2.24) is 5.32 Å². The van der Waals surface area contributed by atoms with Crippen molar-refractivity contribution in [3.8, 4) is 0 Å². The van der Waals surface area contributed by atoms with Crippen LogP contribution in [0.25, 0.3) is 0 Å². The molecule has 0 atom stereocenters. The molecule has 0 saturated heterocycles. The first-order valence-electron chi connectivity index (χ1n) is 5.24. The Hall–Kier alpha value is -0.820. The molecule has 1 heteroatoms. The summed E-state index contributed by atoms with van der Waals surface area (Å²) in [7, 11) is 0. The highest BCUT2D eigenvalue weighted by molar-refractivity contribution is 5.25. The minimum absolute atomic E-state index is 0.364. The molecular weight excluding hydrogens is 170 g/mol. The van der Waals surface area contributed by atoms with Crippen LogP contribution in [0.3, 0.4) is 0 Å². The van der Waals surface area contributed by atoms with Gasteiger partial charge in [0.2, 0.25) is 0 Å². The second-order valence-electron chi connectivity index (χ2n) is 5.09. The Morgan fingerprint density at radius 1 is 1.14 bits per heavy atom. The summed E-state index contributed by atoms with van der Waals surface area (Å²) in [5.74, 6) is 0. The Morgan fingerprint density at radius 2 is 1.79 bits per heavy atom. The van der Waals surface area contributed by atoms with Crippen LogP contribution in [0.2, 0.25) is 0 Å². The third-order valence-corrected chi connectivity index (χ3v) is 2.23. The lowest BCUT2D eigenvalue weighted by Gasteiger charge is -2.19. The highest BCUT2D eigenvalue weighted by Gasteiger charge is 2.08. The number of aryl methyl sites for hydroxylation is 1. The minimum atomic E-state index is 0.364. The molecule has 0 heterocycles. The van der Waals surface area contributed by atoms with Crippen LogP contribution in [0.1, 0.15) is 31.9 Å². The Labute approximate surface area is 87.5 Å². The van der Waals surface area contributed by atoms with Crippen LogP contribution in [0.15, 0.2) is 24.3 Å². The quantitative estimate of drug-likeness (QED) is 0.774. The molecule has 0 aliphatic carbocycles. The van der Waals surface area contributed by atoms with Crippen molar-refractivity contribution in [1.29, 1.82) is 0 Å². The second-order valence-corrected chi connectivity index (χ2v) is 5.09. The van der Waals surface area contributed by atoms with Crippen molar-refractivity contribution in [3.05, 3.63) is 35.4 Å². The minimum Gasteiger partial charge on any atom is -0.312 e. The molecule has 0 fully saturated rings. The van der Waals surface area contributed by atoms with Crippen LogP contribution >= 0.6 is 0 Å². The van der Waals surface area contributed by atoms with Gasteiger partial charge in [0.1, 0.15) is 0 Å². The van der Waals surface area contributed by atoms with E-state index in [1.165, 1.54) is 11.1 Å². The Kier molecular flexibility index (Phi) is 3.70. The molecular formula is C13H21N. The van der Waals surface area contributed by atoms with Crippen molar-refractivity contribution in [2.75, 3.05) is 6.54 Å². The third-order valence-electron chi connectivity index (χ3n) is 2.23. The van der Waals surface area contributed by atoms with Gasteiger partial charge >= 0.3 is 0 Å². The van der Waals surface area contributed by atoms with Crippen molar-refractivity contribution < 1.29 is 0 Å². The van der Waals surface area contributed by atoms with Crippen LogP contribution in [0, 0.1) is 12.3 Å². The molecule has 1 nitrogen and oxygen atoms in total. The molecule has 0 aliphatic rings. The second kappa shape index (κ2) is 4.61. The first-order chi connectivity index (χ1) is 6.49. The molecule has 0 aliphatic heterocycles. The number of rotatable bonds is 3. The summed E-state index contributed by atoms with van der Waals surface area (Å²) in [6.07, 6.45) is 0. The Balaban J connectivity index is 2.43. The summed E-state index contributed by atoms with van der Waals surface area (Å²) in [6, 6.07) is 8.53. The van der Waals surface area contributed by atoms with E-state index in [1.807, 2.05) is 0 Å². The van der Waals surface area contributed by atoms with Gasteiger partial charge in [-0.15, -0.1) is 0 Å². The van der Waals surface area contributed by atoms with Crippen molar-refractivity contribution in [2.24, 2.45) is 5.41 Å². The fourth-order valence-electron chi connectivity index (χ4n) is 1.38. The predicted molar refractivity (Wildman–Crippen MR) is 62.3 cm³/mol. The molecule has 0 saturated carbocycles. The first-order valence-corrected chi connectivity index (χ1v) is 5.24. The van der Waals surface area contributed by atoms with Crippen LogP contribution in [0.5, 0.6) is 0 Å². The van der Waals surface area contributed by atoms with Gasteiger partial charge in [-0.05, 0) is 23.5 Å². The van der Waals surface area contributed by atoms with E-state index in [2.05, 4.69) is 57.3 Å². The summed E-state index contributed by atoms with van der Waals surface area (Å²) in [6.45, 7) is 10.9. The molecule has 14 heavy (non-hydrogen) atoms. The van der Waals surface area contributed by atoms with E-state index < -0.39 is 0 Å². The van der Waals surface area contributed by atoms with Gasteiger partial charge in [0.25, 0.3) is 0 Å². The monoisotopic (exact) mass is 191 g/mol. The van der Waals surface area contributed by atoms with Gasteiger partial charge in [-0.2, -0.15) is 0 Å². The van der Waals surface area contributed by atoms with Crippen LogP contribution in [-0.4, -0.2) is 6.54 Å². The van der Waals surface area contributed by atoms with Crippen LogP contribution < -0.4 is 5.32 Å². The van der Waals surface area contributed by atoms with E-state index in [4.69, 9.17) is 0 Å². The average molecular weight is 191 g/mol. The molecule has 1 rings (SSSR count). The molecule has 0 unspecified atom stereocenters. The first kappa shape index (κ1) is 11.3. The Bertz CT molecular complexity index is 284. The normalized spacial score (nSPS) is 11.7. The zero-order valence-electron chi connectivity index (χ0n) is 9.72. The molecule has 1 aromatic rings. The highest BCUT2D eigenvalue weighted by Crippen LogP contribution is 2.11. The van der Waals surface area contributed by atoms with Crippen molar-refractivity contribution >= 4 is 0 Å². The van der Waals surface area contributed by atoms with E-state index in [-0.39, 0.29) is 0 Å². The van der Waals surface area contributed by atoms with E-state index in [0.29, 0.717) is 5.41 Å². The molecule has 0 amide bonds. The van der Waals surface area contributed by atoms with E-state index in [1.54, 1.807) is 0 Å². The highest BCUT2D eigenvalue weighted by atomic mass is 14.9. The van der Waals surface area contributed by atoms with E-state index in [0.717, 1.165) is 13.1 Å². The van der Waals surface area contributed by atoms with Gasteiger partial charge in [0, 0.05) is 13.1 Å². The van der Waals surface area contributed by atoms with E-state index in [9.17, 15) is 0 Å². The maximum absolute atomic E-state index is 3.48. The molecule has 0 aromatic heterocycles. The molecule has 0 spiro atoms. The zero-order chi connectivity index (χ0) is 10.6. The number of hydrogen-bond acceptors (Lipinski definition) is 1. The van der Waals surface area contributed by atoms with Gasteiger partial charge in [0.05, 0.1) is 0 Å². The fraction of sp³-hybridized carbons (Fsp3) is 0.538. The molecule has 0 radical (unpaired) electrons. The smallest absolute Gasteiger partial charge is 0.0208 e. The molecule has 1 N–H and O–H groups in total. The summed E-state index contributed by atoms with van der Waals surface area (Å²) in [5, 5.41) is 3.48. The lowest BCUT2D eigenvalue weighted by atomic mass is 9.97. The van der Waals surface area contributed by atoms with Gasteiger partial charge in [-0.3, -0.25) is 0 Å². The van der Waals surface area contributed by atoms with Crippen molar-refractivity contribution in [2.45, 2.75) is 34.2 Å². The number of hydrogen-bond donors (Lipinski definition) is 1. The lowest BCUT2D eigenvalue weighted by molar-refractivity contribution is 0.379. The summed E-state index contributed by atoms with van der Waals surface area (Å²) < 4.78 is 0. The zero-order valence-corrected chi connectivity index (χ0v) is 9.72. The van der Waals surface area contributed by atoms with Crippen molar-refractivity contribution in [3.63, 3.8) is 0 Å².